The fourth-order valence-corrected chi connectivity index (χ4v) is 3.11. The first-order chi connectivity index (χ1) is 12.6. The minimum atomic E-state index is -0.425. The van der Waals surface area contributed by atoms with Crippen LogP contribution in [0.15, 0.2) is 79.0 Å². The van der Waals surface area contributed by atoms with E-state index in [1.807, 2.05) is 30.3 Å². The number of nitrogens with zero attached hydrogens (tertiary/aromatic N) is 1. The molecule has 0 aliphatic rings. The molecular weight excluding hydrogens is 327 g/mol. The Morgan fingerprint density at radius 2 is 1.69 bits per heavy atom. The van der Waals surface area contributed by atoms with Gasteiger partial charge in [-0.05, 0) is 23.8 Å². The van der Waals surface area contributed by atoms with Gasteiger partial charge in [0.05, 0.1) is 0 Å². The number of fused-ring (bicyclic) bond motifs is 1. The summed E-state index contributed by atoms with van der Waals surface area (Å²) in [5.74, 6) is -0.590. The lowest BCUT2D eigenvalue weighted by Crippen LogP contribution is -2.05. The first-order valence-corrected chi connectivity index (χ1v) is 8.18. The lowest BCUT2D eigenvalue weighted by molar-refractivity contribution is 0.103. The Hall–Kier alpha value is -3.53. The van der Waals surface area contributed by atoms with E-state index in [0.29, 0.717) is 27.8 Å². The summed E-state index contributed by atoms with van der Waals surface area (Å²) in [6, 6.07) is 20.9. The summed E-state index contributed by atoms with van der Waals surface area (Å²) in [5, 5.41) is 0.581. The van der Waals surface area contributed by atoms with E-state index in [-0.39, 0.29) is 11.3 Å². The van der Waals surface area contributed by atoms with Crippen LogP contribution in [0.3, 0.4) is 0 Å². The van der Waals surface area contributed by atoms with Crippen LogP contribution in [0.1, 0.15) is 15.9 Å². The molecule has 3 nitrogen and oxygen atoms in total. The van der Waals surface area contributed by atoms with Crippen LogP contribution in [0.5, 0.6) is 0 Å². The number of hydrogen-bond acceptors (Lipinski definition) is 3. The first kappa shape index (κ1) is 16.0. The minimum absolute atomic E-state index is 0.165. The number of para-hydroxylation sites is 1. The van der Waals surface area contributed by atoms with Crippen molar-refractivity contribution in [1.29, 1.82) is 0 Å². The lowest BCUT2D eigenvalue weighted by Gasteiger charge is -2.13. The Balaban J connectivity index is 2.05. The van der Waals surface area contributed by atoms with Crippen molar-refractivity contribution in [3.05, 3.63) is 95.9 Å². The van der Waals surface area contributed by atoms with Gasteiger partial charge in [-0.25, -0.2) is 4.39 Å². The molecule has 1 aromatic heterocycles. The van der Waals surface area contributed by atoms with E-state index in [9.17, 15) is 9.18 Å². The maximum absolute atomic E-state index is 14.2. The molecule has 0 unspecified atom stereocenters. The summed E-state index contributed by atoms with van der Waals surface area (Å²) in [6.07, 6.45) is 1.44. The molecule has 0 amide bonds. The summed E-state index contributed by atoms with van der Waals surface area (Å²) in [7, 11) is 0. The highest BCUT2D eigenvalue weighted by Crippen LogP contribution is 2.34. The van der Waals surface area contributed by atoms with Gasteiger partial charge in [-0.3, -0.25) is 9.78 Å². The van der Waals surface area contributed by atoms with Gasteiger partial charge in [0.25, 0.3) is 0 Å². The highest BCUT2D eigenvalue weighted by Gasteiger charge is 2.19. The maximum Gasteiger partial charge on any atom is 0.195 e. The van der Waals surface area contributed by atoms with Crippen LogP contribution in [0, 0.1) is 5.82 Å². The number of rotatable bonds is 3. The molecule has 4 heteroatoms. The van der Waals surface area contributed by atoms with Crippen LogP contribution in [0.2, 0.25) is 0 Å². The average Bonchev–Trinajstić information content (AvgIpc) is 2.67. The van der Waals surface area contributed by atoms with Gasteiger partial charge in [-0.2, -0.15) is 0 Å². The molecule has 0 bridgehead atoms. The van der Waals surface area contributed by atoms with E-state index in [4.69, 9.17) is 5.73 Å². The minimum Gasteiger partial charge on any atom is -0.399 e. The SMILES string of the molecule is Nc1cccc(-c2c(C(=O)c3ccccc3)cnc3c(F)cccc23)c1. The number of pyridine rings is 1. The number of hydrogen-bond donors (Lipinski definition) is 1. The molecule has 0 saturated heterocycles. The first-order valence-electron chi connectivity index (χ1n) is 8.18. The van der Waals surface area contributed by atoms with Crippen molar-refractivity contribution >= 4 is 22.4 Å². The number of nitrogens with two attached hydrogens (primary N) is 1. The van der Waals surface area contributed by atoms with Crippen molar-refractivity contribution in [2.24, 2.45) is 0 Å². The largest absolute Gasteiger partial charge is 0.399 e. The fourth-order valence-electron chi connectivity index (χ4n) is 3.11. The summed E-state index contributed by atoms with van der Waals surface area (Å²) in [4.78, 5) is 17.3. The number of ketones is 1. The molecule has 0 aliphatic heterocycles. The van der Waals surface area contributed by atoms with Gasteiger partial charge in [0, 0.05) is 34.0 Å². The van der Waals surface area contributed by atoms with E-state index in [1.165, 1.54) is 12.3 Å². The van der Waals surface area contributed by atoms with Crippen molar-refractivity contribution in [2.75, 3.05) is 5.73 Å². The van der Waals surface area contributed by atoms with Gasteiger partial charge in [0.15, 0.2) is 5.78 Å². The van der Waals surface area contributed by atoms with Crippen molar-refractivity contribution in [3.8, 4) is 11.1 Å². The number of aromatic nitrogens is 1. The van der Waals surface area contributed by atoms with Crippen molar-refractivity contribution < 1.29 is 9.18 Å². The molecule has 0 saturated carbocycles. The third-order valence-corrected chi connectivity index (χ3v) is 4.30. The second-order valence-corrected chi connectivity index (χ2v) is 6.00. The molecule has 0 aliphatic carbocycles. The maximum atomic E-state index is 14.2. The van der Waals surface area contributed by atoms with Crippen molar-refractivity contribution in [3.63, 3.8) is 0 Å². The van der Waals surface area contributed by atoms with Crippen LogP contribution >= 0.6 is 0 Å². The molecule has 4 aromatic rings. The molecule has 4 rings (SSSR count). The van der Waals surface area contributed by atoms with E-state index in [1.54, 1.807) is 36.4 Å². The molecular formula is C22H15FN2O. The predicted molar refractivity (Wildman–Crippen MR) is 101 cm³/mol. The van der Waals surface area contributed by atoms with E-state index in [2.05, 4.69) is 4.98 Å². The molecule has 1 heterocycles. The second kappa shape index (κ2) is 6.41. The summed E-state index contributed by atoms with van der Waals surface area (Å²) in [6.45, 7) is 0. The highest BCUT2D eigenvalue weighted by molar-refractivity contribution is 6.16. The van der Waals surface area contributed by atoms with Gasteiger partial charge in [-0.15, -0.1) is 0 Å². The molecule has 0 fully saturated rings. The van der Waals surface area contributed by atoms with E-state index in [0.717, 1.165) is 5.56 Å². The predicted octanol–water partition coefficient (Wildman–Crippen LogP) is 4.85. The smallest absolute Gasteiger partial charge is 0.195 e. The Morgan fingerprint density at radius 3 is 2.46 bits per heavy atom. The summed E-state index contributed by atoms with van der Waals surface area (Å²) >= 11 is 0. The molecule has 3 aromatic carbocycles. The van der Waals surface area contributed by atoms with Crippen LogP contribution < -0.4 is 5.73 Å². The molecule has 0 atom stereocenters. The van der Waals surface area contributed by atoms with Crippen LogP contribution in [-0.2, 0) is 0 Å². The zero-order valence-corrected chi connectivity index (χ0v) is 13.8. The number of nitrogen functional groups attached to an aromatic ring is 1. The number of anilines is 1. The van der Waals surface area contributed by atoms with Gasteiger partial charge < -0.3 is 5.73 Å². The monoisotopic (exact) mass is 342 g/mol. The average molecular weight is 342 g/mol. The number of carbonyl (C=O) groups is 1. The third-order valence-electron chi connectivity index (χ3n) is 4.30. The fraction of sp³-hybridized carbons (Fsp3) is 0. The topological polar surface area (TPSA) is 56.0 Å². The van der Waals surface area contributed by atoms with Gasteiger partial charge in [-0.1, -0.05) is 54.6 Å². The van der Waals surface area contributed by atoms with Crippen LogP contribution in [0.25, 0.3) is 22.0 Å². The quantitative estimate of drug-likeness (QED) is 0.427. The molecule has 0 spiro atoms. The van der Waals surface area contributed by atoms with Crippen LogP contribution in [0.4, 0.5) is 10.1 Å². The number of halogens is 1. The molecule has 2 N–H and O–H groups in total. The normalized spacial score (nSPS) is 10.8. The Labute approximate surface area is 149 Å². The molecule has 0 radical (unpaired) electrons. The summed E-state index contributed by atoms with van der Waals surface area (Å²) < 4.78 is 14.2. The van der Waals surface area contributed by atoms with Gasteiger partial charge in [0.2, 0.25) is 0 Å². The summed E-state index contributed by atoms with van der Waals surface area (Å²) in [5.41, 5.74) is 9.09. The molecule has 126 valence electrons. The highest BCUT2D eigenvalue weighted by atomic mass is 19.1. The Kier molecular flexibility index (Phi) is 3.93. The lowest BCUT2D eigenvalue weighted by atomic mass is 9.92. The zero-order valence-electron chi connectivity index (χ0n) is 13.8. The van der Waals surface area contributed by atoms with E-state index < -0.39 is 5.82 Å². The van der Waals surface area contributed by atoms with E-state index >= 15 is 0 Å². The van der Waals surface area contributed by atoms with Gasteiger partial charge in [0.1, 0.15) is 11.3 Å². The van der Waals surface area contributed by atoms with Gasteiger partial charge >= 0.3 is 0 Å². The zero-order chi connectivity index (χ0) is 18.1. The van der Waals surface area contributed by atoms with Crippen LogP contribution in [-0.4, -0.2) is 10.8 Å². The Morgan fingerprint density at radius 1 is 0.923 bits per heavy atom. The van der Waals surface area contributed by atoms with Crippen molar-refractivity contribution in [1.82, 2.24) is 4.98 Å². The number of carbonyl (C=O) groups excluding carboxylic acids is 1. The molecule has 26 heavy (non-hydrogen) atoms. The Bertz CT molecular complexity index is 1120. The standard InChI is InChI=1S/C22H15FN2O/c23-19-11-5-10-17-20(15-8-4-9-16(24)12-15)18(13-25-21(17)19)22(26)14-6-2-1-3-7-14/h1-13H,24H2. The number of benzene rings is 3. The van der Waals surface area contributed by atoms with Crippen molar-refractivity contribution in [2.45, 2.75) is 0 Å². The third kappa shape index (κ3) is 2.71. The second-order valence-electron chi connectivity index (χ2n) is 6.00.